The molecule has 1 aromatic rings. The number of nitrogens with two attached hydrogens (primary N) is 1. The third-order valence-electron chi connectivity index (χ3n) is 3.27. The van der Waals surface area contributed by atoms with Gasteiger partial charge in [0.05, 0.1) is 10.6 Å². The summed E-state index contributed by atoms with van der Waals surface area (Å²) in [6, 6.07) is 4.72. The first-order chi connectivity index (χ1) is 9.56. The molecule has 1 fully saturated rings. The third-order valence-corrected chi connectivity index (χ3v) is 3.58. The van der Waals surface area contributed by atoms with Crippen LogP contribution in [0.15, 0.2) is 18.2 Å². The predicted molar refractivity (Wildman–Crippen MR) is 76.5 cm³/mol. The monoisotopic (exact) mass is 296 g/mol. The zero-order valence-electron chi connectivity index (χ0n) is 11.0. The number of carbonyl (C=O) groups is 2. The molecule has 0 heterocycles. The molecule has 5 nitrogen and oxygen atoms in total. The summed E-state index contributed by atoms with van der Waals surface area (Å²) < 4.78 is 4.94. The molecule has 1 aliphatic rings. The molecule has 0 aliphatic heterocycles. The van der Waals surface area contributed by atoms with E-state index < -0.39 is 5.97 Å². The van der Waals surface area contributed by atoms with Gasteiger partial charge in [-0.25, -0.2) is 4.79 Å². The Morgan fingerprint density at radius 1 is 1.35 bits per heavy atom. The molecule has 0 bridgehead atoms. The van der Waals surface area contributed by atoms with Crippen molar-refractivity contribution < 1.29 is 14.3 Å². The number of rotatable bonds is 4. The Balaban J connectivity index is 1.83. The second-order valence-electron chi connectivity index (χ2n) is 4.86. The maximum Gasteiger partial charge on any atom is 0.340 e. The number of nitrogens with one attached hydrogen (secondary N) is 1. The lowest BCUT2D eigenvalue weighted by atomic mass is 10.2. The highest BCUT2D eigenvalue weighted by molar-refractivity contribution is 6.33. The number of nitrogen functional groups attached to an aromatic ring is 1. The van der Waals surface area contributed by atoms with E-state index in [1.54, 1.807) is 6.07 Å². The van der Waals surface area contributed by atoms with E-state index in [0.29, 0.717) is 5.69 Å². The smallest absolute Gasteiger partial charge is 0.340 e. The molecule has 0 radical (unpaired) electrons. The van der Waals surface area contributed by atoms with Crippen LogP contribution in [0.1, 0.15) is 36.0 Å². The van der Waals surface area contributed by atoms with Crippen LogP contribution < -0.4 is 11.1 Å². The average molecular weight is 297 g/mol. The van der Waals surface area contributed by atoms with Gasteiger partial charge in [0.15, 0.2) is 6.61 Å². The fourth-order valence-corrected chi connectivity index (χ4v) is 2.51. The normalized spacial score (nSPS) is 15.1. The minimum Gasteiger partial charge on any atom is -0.452 e. The van der Waals surface area contributed by atoms with Crippen molar-refractivity contribution in [1.29, 1.82) is 0 Å². The van der Waals surface area contributed by atoms with Crippen LogP contribution >= 0.6 is 11.6 Å². The Morgan fingerprint density at radius 3 is 2.70 bits per heavy atom. The fourth-order valence-electron chi connectivity index (χ4n) is 2.25. The molecule has 0 unspecified atom stereocenters. The Bertz CT molecular complexity index is 513. The zero-order chi connectivity index (χ0) is 14.5. The first kappa shape index (κ1) is 14.7. The van der Waals surface area contributed by atoms with Crippen LogP contribution in [0.3, 0.4) is 0 Å². The van der Waals surface area contributed by atoms with Crippen molar-refractivity contribution in [3.63, 3.8) is 0 Å². The van der Waals surface area contributed by atoms with Crippen LogP contribution in [0.5, 0.6) is 0 Å². The molecular weight excluding hydrogens is 280 g/mol. The number of amides is 1. The van der Waals surface area contributed by atoms with E-state index in [2.05, 4.69) is 5.32 Å². The van der Waals surface area contributed by atoms with Gasteiger partial charge in [-0.2, -0.15) is 0 Å². The second-order valence-corrected chi connectivity index (χ2v) is 5.27. The third kappa shape index (κ3) is 3.87. The van der Waals surface area contributed by atoms with Crippen LogP contribution in [0.4, 0.5) is 5.69 Å². The Labute approximate surface area is 122 Å². The highest BCUT2D eigenvalue weighted by Crippen LogP contribution is 2.20. The Kier molecular flexibility index (Phi) is 4.84. The van der Waals surface area contributed by atoms with Gasteiger partial charge in [0, 0.05) is 11.7 Å². The molecule has 1 saturated carbocycles. The van der Waals surface area contributed by atoms with Crippen molar-refractivity contribution in [2.24, 2.45) is 0 Å². The largest absolute Gasteiger partial charge is 0.452 e. The highest BCUT2D eigenvalue weighted by atomic mass is 35.5. The molecule has 0 spiro atoms. The Hall–Kier alpha value is -1.75. The lowest BCUT2D eigenvalue weighted by Crippen LogP contribution is -2.35. The maximum absolute atomic E-state index is 11.8. The summed E-state index contributed by atoms with van der Waals surface area (Å²) in [6.07, 6.45) is 4.24. The van der Waals surface area contributed by atoms with E-state index in [-0.39, 0.29) is 29.1 Å². The van der Waals surface area contributed by atoms with E-state index in [1.807, 2.05) is 0 Å². The van der Waals surface area contributed by atoms with Crippen LogP contribution in [0.2, 0.25) is 5.02 Å². The summed E-state index contributed by atoms with van der Waals surface area (Å²) in [5, 5.41) is 3.05. The minimum absolute atomic E-state index is 0.203. The number of hydrogen-bond acceptors (Lipinski definition) is 4. The van der Waals surface area contributed by atoms with Gasteiger partial charge in [-0.15, -0.1) is 0 Å². The highest BCUT2D eigenvalue weighted by Gasteiger charge is 2.18. The molecule has 0 aromatic heterocycles. The Morgan fingerprint density at radius 2 is 2.05 bits per heavy atom. The van der Waals surface area contributed by atoms with E-state index >= 15 is 0 Å². The molecule has 1 aliphatic carbocycles. The van der Waals surface area contributed by atoms with Gasteiger partial charge in [0.25, 0.3) is 5.91 Å². The van der Waals surface area contributed by atoms with Gasteiger partial charge in [-0.3, -0.25) is 4.79 Å². The van der Waals surface area contributed by atoms with Crippen molar-refractivity contribution in [1.82, 2.24) is 5.32 Å². The van der Waals surface area contributed by atoms with Crippen molar-refractivity contribution >= 4 is 29.2 Å². The zero-order valence-corrected chi connectivity index (χ0v) is 11.8. The first-order valence-corrected chi connectivity index (χ1v) is 6.95. The molecule has 6 heteroatoms. The summed E-state index contributed by atoms with van der Waals surface area (Å²) in [5.41, 5.74) is 6.21. The molecule has 0 atom stereocenters. The number of benzene rings is 1. The second kappa shape index (κ2) is 6.61. The van der Waals surface area contributed by atoms with Crippen molar-refractivity contribution in [3.05, 3.63) is 28.8 Å². The number of hydrogen-bond donors (Lipinski definition) is 2. The van der Waals surface area contributed by atoms with Crippen molar-refractivity contribution in [2.45, 2.75) is 31.7 Å². The number of ether oxygens (including phenoxy) is 1. The predicted octanol–water partition coefficient (Wildman–Crippen LogP) is 2.14. The minimum atomic E-state index is -0.628. The van der Waals surface area contributed by atoms with Gasteiger partial charge >= 0.3 is 5.97 Å². The SMILES string of the molecule is Nc1ccc(C(=O)OCC(=O)NC2CCCC2)c(Cl)c1. The van der Waals surface area contributed by atoms with Crippen LogP contribution in [-0.2, 0) is 9.53 Å². The van der Waals surface area contributed by atoms with Crippen LogP contribution in [-0.4, -0.2) is 24.5 Å². The van der Waals surface area contributed by atoms with E-state index in [0.717, 1.165) is 25.7 Å². The summed E-state index contributed by atoms with van der Waals surface area (Å²) >= 11 is 5.90. The molecule has 1 aromatic carbocycles. The van der Waals surface area contributed by atoms with Gasteiger partial charge in [-0.05, 0) is 31.0 Å². The molecule has 1 amide bonds. The summed E-state index contributed by atoms with van der Waals surface area (Å²) in [5.74, 6) is -0.909. The molecule has 2 rings (SSSR count). The summed E-state index contributed by atoms with van der Waals surface area (Å²) in [7, 11) is 0. The van der Waals surface area contributed by atoms with Crippen LogP contribution in [0, 0.1) is 0 Å². The van der Waals surface area contributed by atoms with Gasteiger partial charge in [0.1, 0.15) is 0 Å². The number of halogens is 1. The van der Waals surface area contributed by atoms with Crippen LogP contribution in [0.25, 0.3) is 0 Å². The first-order valence-electron chi connectivity index (χ1n) is 6.58. The quantitative estimate of drug-likeness (QED) is 0.659. The van der Waals surface area contributed by atoms with Gasteiger partial charge in [0.2, 0.25) is 0 Å². The topological polar surface area (TPSA) is 81.4 Å². The van der Waals surface area contributed by atoms with E-state index in [1.165, 1.54) is 12.1 Å². The maximum atomic E-state index is 11.8. The van der Waals surface area contributed by atoms with E-state index in [4.69, 9.17) is 22.1 Å². The molecule has 108 valence electrons. The number of esters is 1. The average Bonchev–Trinajstić information content (AvgIpc) is 2.89. The lowest BCUT2D eigenvalue weighted by molar-refractivity contribution is -0.124. The van der Waals surface area contributed by atoms with Crippen molar-refractivity contribution in [2.75, 3.05) is 12.3 Å². The van der Waals surface area contributed by atoms with Crippen molar-refractivity contribution in [3.8, 4) is 0 Å². The number of carbonyl (C=O) groups excluding carboxylic acids is 2. The van der Waals surface area contributed by atoms with E-state index in [9.17, 15) is 9.59 Å². The molecule has 3 N–H and O–H groups in total. The standard InChI is InChI=1S/C14H17ClN2O3/c15-12-7-9(16)5-6-11(12)14(19)20-8-13(18)17-10-3-1-2-4-10/h5-7,10H,1-4,8,16H2,(H,17,18). The molecule has 20 heavy (non-hydrogen) atoms. The number of anilines is 1. The summed E-state index contributed by atoms with van der Waals surface area (Å²) in [6.45, 7) is -0.296. The lowest BCUT2D eigenvalue weighted by Gasteiger charge is -2.12. The van der Waals surface area contributed by atoms with Gasteiger partial charge in [-0.1, -0.05) is 24.4 Å². The van der Waals surface area contributed by atoms with Gasteiger partial charge < -0.3 is 15.8 Å². The summed E-state index contributed by atoms with van der Waals surface area (Å²) in [4.78, 5) is 23.4. The molecular formula is C14H17ClN2O3. The molecule has 0 saturated heterocycles. The fraction of sp³-hybridized carbons (Fsp3) is 0.429.